The van der Waals surface area contributed by atoms with Crippen molar-refractivity contribution in [1.29, 1.82) is 0 Å². The molecule has 5 heteroatoms. The predicted octanol–water partition coefficient (Wildman–Crippen LogP) is 0.543. The van der Waals surface area contributed by atoms with Gasteiger partial charge in [-0.15, -0.1) is 0 Å². The molecule has 0 aromatic heterocycles. The highest BCUT2D eigenvalue weighted by molar-refractivity contribution is 7.17. The molecule has 0 saturated carbocycles. The first-order valence-corrected chi connectivity index (χ1v) is 4.04. The van der Waals surface area contributed by atoms with Crippen molar-refractivity contribution in [3.8, 4) is 0 Å². The van der Waals surface area contributed by atoms with Gasteiger partial charge in [0.1, 0.15) is 0 Å². The van der Waals surface area contributed by atoms with Crippen LogP contribution < -0.4 is 11.6 Å². The van der Waals surface area contributed by atoms with E-state index >= 15 is 0 Å². The number of nitrogens with zero attached hydrogens (tertiary/aromatic N) is 1. The molecule has 0 aliphatic carbocycles. The molecule has 4 N–H and O–H groups in total. The van der Waals surface area contributed by atoms with E-state index in [9.17, 15) is 4.39 Å². The van der Waals surface area contributed by atoms with Gasteiger partial charge in [-0.2, -0.15) is 0 Å². The molecule has 3 nitrogen and oxygen atoms in total. The van der Waals surface area contributed by atoms with Crippen molar-refractivity contribution in [2.24, 2.45) is 11.6 Å². The Bertz CT molecular complexity index is 146. The summed E-state index contributed by atoms with van der Waals surface area (Å²) in [6, 6.07) is 0. The van der Waals surface area contributed by atoms with E-state index in [1.807, 2.05) is 16.2 Å². The van der Waals surface area contributed by atoms with Gasteiger partial charge >= 0.3 is 0 Å². The molecule has 0 aliphatic heterocycles. The lowest BCUT2D eigenvalue weighted by molar-refractivity contribution is 0.351. The predicted molar refractivity (Wildman–Crippen MR) is 48.1 cm³/mol. The van der Waals surface area contributed by atoms with Crippen LogP contribution in [-0.2, 0) is 0 Å². The molecular weight excluding hydrogens is 164 g/mol. The summed E-state index contributed by atoms with van der Waals surface area (Å²) in [6.45, 7) is 1.85. The minimum atomic E-state index is -1.19. The lowest BCUT2D eigenvalue weighted by atomic mass is 10.3. The standard InChI is InChI=1S/C6H15FN3P/c1-3-4(8)5(6(7)11)10(2)9/h6H,3,8-9,11H2,1-2H3/b5-4-. The summed E-state index contributed by atoms with van der Waals surface area (Å²) in [7, 11) is 3.58. The van der Waals surface area contributed by atoms with Crippen molar-refractivity contribution in [1.82, 2.24) is 5.01 Å². The lowest BCUT2D eigenvalue weighted by Gasteiger charge is -2.19. The van der Waals surface area contributed by atoms with E-state index < -0.39 is 5.91 Å². The molecule has 0 bridgehead atoms. The molecule has 0 spiro atoms. The van der Waals surface area contributed by atoms with Gasteiger partial charge in [-0.1, -0.05) is 16.2 Å². The maximum atomic E-state index is 12.8. The summed E-state index contributed by atoms with van der Waals surface area (Å²) in [4.78, 5) is 0. The van der Waals surface area contributed by atoms with Crippen molar-refractivity contribution in [2.75, 3.05) is 7.05 Å². The Kier molecular flexibility index (Phi) is 4.38. The fourth-order valence-corrected chi connectivity index (χ4v) is 1.23. The van der Waals surface area contributed by atoms with Gasteiger partial charge in [-0.3, -0.25) is 0 Å². The van der Waals surface area contributed by atoms with Gasteiger partial charge < -0.3 is 10.7 Å². The van der Waals surface area contributed by atoms with Crippen molar-refractivity contribution >= 4 is 9.24 Å². The minimum Gasteiger partial charge on any atom is -0.401 e. The quantitative estimate of drug-likeness (QED) is 0.378. The van der Waals surface area contributed by atoms with Crippen molar-refractivity contribution in [3.63, 3.8) is 0 Å². The van der Waals surface area contributed by atoms with Gasteiger partial charge in [0.25, 0.3) is 0 Å². The van der Waals surface area contributed by atoms with Crippen LogP contribution in [0.2, 0.25) is 0 Å². The summed E-state index contributed by atoms with van der Waals surface area (Å²) in [5.74, 6) is 4.17. The molecule has 0 saturated heterocycles. The van der Waals surface area contributed by atoms with Crippen molar-refractivity contribution < 1.29 is 4.39 Å². The number of halogens is 1. The third-order valence-corrected chi connectivity index (χ3v) is 1.67. The van der Waals surface area contributed by atoms with Crippen LogP contribution in [0.4, 0.5) is 4.39 Å². The molecule has 0 fully saturated rings. The van der Waals surface area contributed by atoms with E-state index in [1.54, 1.807) is 7.05 Å². The second kappa shape index (κ2) is 4.52. The fraction of sp³-hybridized carbons (Fsp3) is 0.667. The number of allylic oxidation sites excluding steroid dienone is 2. The second-order valence-corrected chi connectivity index (χ2v) is 2.86. The molecule has 11 heavy (non-hydrogen) atoms. The molecule has 0 heterocycles. The second-order valence-electron chi connectivity index (χ2n) is 2.28. The largest absolute Gasteiger partial charge is 0.401 e. The molecule has 0 amide bonds. The van der Waals surface area contributed by atoms with Crippen LogP contribution in [0.15, 0.2) is 11.4 Å². The Balaban J connectivity index is 4.58. The maximum Gasteiger partial charge on any atom is 0.155 e. The van der Waals surface area contributed by atoms with Crippen LogP contribution in [0.3, 0.4) is 0 Å². The Hall–Kier alpha value is -0.340. The first-order chi connectivity index (χ1) is 5.00. The normalized spacial score (nSPS) is 15.7. The molecular formula is C6H15FN3P. The van der Waals surface area contributed by atoms with E-state index in [4.69, 9.17) is 11.6 Å². The monoisotopic (exact) mass is 179 g/mol. The molecule has 2 atom stereocenters. The van der Waals surface area contributed by atoms with Gasteiger partial charge in [0.15, 0.2) is 5.91 Å². The third kappa shape index (κ3) is 3.04. The Morgan fingerprint density at radius 1 is 1.73 bits per heavy atom. The van der Waals surface area contributed by atoms with E-state index in [-0.39, 0.29) is 0 Å². The molecule has 66 valence electrons. The number of nitrogens with two attached hydrogens (primary N) is 2. The van der Waals surface area contributed by atoms with Crippen LogP contribution in [0.5, 0.6) is 0 Å². The van der Waals surface area contributed by atoms with E-state index in [0.29, 0.717) is 17.8 Å². The zero-order valence-electron chi connectivity index (χ0n) is 6.84. The highest BCUT2D eigenvalue weighted by atomic mass is 31.0. The van der Waals surface area contributed by atoms with Gasteiger partial charge in [-0.25, -0.2) is 10.2 Å². The lowest BCUT2D eigenvalue weighted by Crippen LogP contribution is -2.31. The van der Waals surface area contributed by atoms with Crippen molar-refractivity contribution in [3.05, 3.63) is 11.4 Å². The van der Waals surface area contributed by atoms with Gasteiger partial charge in [-0.05, 0) is 6.42 Å². The molecule has 0 aromatic rings. The zero-order valence-corrected chi connectivity index (χ0v) is 8.00. The summed E-state index contributed by atoms with van der Waals surface area (Å²) < 4.78 is 12.8. The number of alkyl halides is 1. The summed E-state index contributed by atoms with van der Waals surface area (Å²) in [5, 5.41) is 1.20. The molecule has 0 rings (SSSR count). The zero-order chi connectivity index (χ0) is 9.02. The topological polar surface area (TPSA) is 55.3 Å². The number of hydrogen-bond acceptors (Lipinski definition) is 3. The SMILES string of the molecule is CC/C(N)=C(\C(F)P)N(C)N. The highest BCUT2D eigenvalue weighted by Crippen LogP contribution is 2.17. The minimum absolute atomic E-state index is 0.331. The Morgan fingerprint density at radius 2 is 2.18 bits per heavy atom. The number of rotatable bonds is 3. The van der Waals surface area contributed by atoms with Crippen LogP contribution in [-0.4, -0.2) is 18.0 Å². The molecule has 2 unspecified atom stereocenters. The summed E-state index contributed by atoms with van der Waals surface area (Å²) in [6.07, 6.45) is 0.603. The molecule has 0 aromatic carbocycles. The first-order valence-electron chi connectivity index (χ1n) is 3.37. The van der Waals surface area contributed by atoms with Gasteiger partial charge in [0.05, 0.1) is 5.70 Å². The highest BCUT2D eigenvalue weighted by Gasteiger charge is 2.12. The van der Waals surface area contributed by atoms with Crippen LogP contribution in [0, 0.1) is 0 Å². The summed E-state index contributed by atoms with van der Waals surface area (Å²) in [5.41, 5.74) is 6.34. The average Bonchev–Trinajstić information content (AvgIpc) is 1.85. The van der Waals surface area contributed by atoms with Crippen LogP contribution in [0.1, 0.15) is 13.3 Å². The Labute approximate surface area is 68.8 Å². The Morgan fingerprint density at radius 3 is 2.27 bits per heavy atom. The number of hydrazine groups is 1. The van der Waals surface area contributed by atoms with E-state index in [2.05, 4.69) is 0 Å². The van der Waals surface area contributed by atoms with Gasteiger partial charge in [0, 0.05) is 12.7 Å². The van der Waals surface area contributed by atoms with Gasteiger partial charge in [0.2, 0.25) is 0 Å². The number of hydrogen-bond donors (Lipinski definition) is 2. The fourth-order valence-electron chi connectivity index (χ4n) is 0.779. The van der Waals surface area contributed by atoms with Crippen LogP contribution >= 0.6 is 9.24 Å². The molecule has 0 aliphatic rings. The van der Waals surface area contributed by atoms with E-state index in [1.165, 1.54) is 5.01 Å². The molecule has 0 radical (unpaired) electrons. The summed E-state index contributed by atoms with van der Waals surface area (Å²) >= 11 is 0. The van der Waals surface area contributed by atoms with E-state index in [0.717, 1.165) is 0 Å². The first kappa shape index (κ1) is 10.7. The third-order valence-electron chi connectivity index (χ3n) is 1.35. The smallest absolute Gasteiger partial charge is 0.155 e. The average molecular weight is 179 g/mol. The van der Waals surface area contributed by atoms with Crippen LogP contribution in [0.25, 0.3) is 0 Å². The maximum absolute atomic E-state index is 12.8. The van der Waals surface area contributed by atoms with Crippen molar-refractivity contribution in [2.45, 2.75) is 19.3 Å².